The van der Waals surface area contributed by atoms with E-state index in [0.29, 0.717) is 16.4 Å². The van der Waals surface area contributed by atoms with E-state index in [1.807, 2.05) is 42.5 Å². The minimum absolute atomic E-state index is 0.300. The van der Waals surface area contributed by atoms with Gasteiger partial charge in [-0.1, -0.05) is 36.4 Å². The van der Waals surface area contributed by atoms with Crippen LogP contribution in [0, 0.1) is 12.3 Å². The van der Waals surface area contributed by atoms with Crippen LogP contribution in [0.2, 0.25) is 0 Å². The molecule has 2 aromatic heterocycles. The number of terminal acetylenes is 1. The fraction of sp³-hybridized carbons (Fsp3) is 0.136. The van der Waals surface area contributed by atoms with Gasteiger partial charge in [-0.25, -0.2) is 27.9 Å². The first-order valence-electron chi connectivity index (χ1n) is 9.72. The number of nitrogens with one attached hydrogen (secondary N) is 3. The summed E-state index contributed by atoms with van der Waals surface area (Å²) >= 11 is 2.78. The Hall–Kier alpha value is -3.30. The molecule has 4 aromatic rings. The van der Waals surface area contributed by atoms with E-state index >= 15 is 0 Å². The molecule has 2 aromatic carbocycles. The van der Waals surface area contributed by atoms with Gasteiger partial charge in [-0.15, -0.1) is 29.1 Å². The van der Waals surface area contributed by atoms with Crippen molar-refractivity contribution in [2.24, 2.45) is 0 Å². The summed E-state index contributed by atoms with van der Waals surface area (Å²) in [6, 6.07) is 12.0. The van der Waals surface area contributed by atoms with Crippen molar-refractivity contribution in [1.29, 1.82) is 0 Å². The predicted molar refractivity (Wildman–Crippen MR) is 133 cm³/mol. The normalized spacial score (nSPS) is 12.2. The molecule has 4 rings (SSSR count). The summed E-state index contributed by atoms with van der Waals surface area (Å²) in [7, 11) is -2.27. The van der Waals surface area contributed by atoms with E-state index < -0.39 is 22.1 Å². The number of hydrogen-bond donors (Lipinski definition) is 3. The second kappa shape index (κ2) is 9.68. The van der Waals surface area contributed by atoms with Crippen LogP contribution < -0.4 is 15.4 Å². The van der Waals surface area contributed by atoms with Crippen molar-refractivity contribution in [3.8, 4) is 23.5 Å². The Morgan fingerprint density at radius 1 is 1.18 bits per heavy atom. The number of urea groups is 1. The van der Waals surface area contributed by atoms with Crippen LogP contribution in [0.4, 0.5) is 10.6 Å². The van der Waals surface area contributed by atoms with Crippen molar-refractivity contribution in [3.05, 3.63) is 63.9 Å². The van der Waals surface area contributed by atoms with Crippen LogP contribution in [-0.4, -0.2) is 37.2 Å². The van der Waals surface area contributed by atoms with E-state index in [2.05, 4.69) is 31.2 Å². The molecule has 0 radical (unpaired) electrons. The zero-order chi connectivity index (χ0) is 23.4. The van der Waals surface area contributed by atoms with Gasteiger partial charge in [0, 0.05) is 10.9 Å². The van der Waals surface area contributed by atoms with Gasteiger partial charge in [0.1, 0.15) is 5.82 Å². The lowest BCUT2D eigenvalue weighted by Crippen LogP contribution is -2.38. The number of carbonyl (C=O) groups excluding carboxylic acids is 1. The lowest BCUT2D eigenvalue weighted by molar-refractivity contribution is 0.249. The van der Waals surface area contributed by atoms with Gasteiger partial charge in [-0.2, -0.15) is 0 Å². The maximum Gasteiger partial charge on any atom is 0.320 e. The first-order chi connectivity index (χ1) is 15.9. The molecule has 0 saturated carbocycles. The third-order valence-electron chi connectivity index (χ3n) is 4.85. The van der Waals surface area contributed by atoms with Gasteiger partial charge in [-0.05, 0) is 30.2 Å². The number of carbonyl (C=O) groups is 1. The van der Waals surface area contributed by atoms with Gasteiger partial charge in [0.25, 0.3) is 0 Å². The SMILES string of the molecule is C#Cc1nc(NC(=O)N[C@@H](CS(=O)(=O)NC)c2ccc(-c3cccc4ncsc34)cc2)cs1. The molecule has 11 heteroatoms. The molecular weight excluding hydrogens is 478 g/mol. The zero-order valence-electron chi connectivity index (χ0n) is 17.4. The topological polar surface area (TPSA) is 113 Å². The minimum Gasteiger partial charge on any atom is -0.330 e. The van der Waals surface area contributed by atoms with Gasteiger partial charge in [-0.3, -0.25) is 5.32 Å². The van der Waals surface area contributed by atoms with Crippen LogP contribution in [0.25, 0.3) is 21.3 Å². The van der Waals surface area contributed by atoms with Crippen molar-refractivity contribution in [3.63, 3.8) is 0 Å². The van der Waals surface area contributed by atoms with Crippen LogP contribution in [0.5, 0.6) is 0 Å². The summed E-state index contributed by atoms with van der Waals surface area (Å²) < 4.78 is 27.9. The van der Waals surface area contributed by atoms with Crippen LogP contribution in [0.3, 0.4) is 0 Å². The maximum atomic E-state index is 12.5. The second-order valence-corrected chi connectivity index (χ2v) is 10.6. The average Bonchev–Trinajstić information content (AvgIpc) is 3.47. The minimum atomic E-state index is -3.61. The van der Waals surface area contributed by atoms with Crippen molar-refractivity contribution in [2.75, 3.05) is 18.1 Å². The molecule has 0 aliphatic heterocycles. The fourth-order valence-corrected chi connectivity index (χ4v) is 5.50. The Kier molecular flexibility index (Phi) is 6.71. The number of rotatable bonds is 7. The number of sulfonamides is 1. The summed E-state index contributed by atoms with van der Waals surface area (Å²) in [5, 5.41) is 7.36. The highest BCUT2D eigenvalue weighted by Gasteiger charge is 2.22. The van der Waals surface area contributed by atoms with Crippen LogP contribution in [0.15, 0.2) is 53.4 Å². The molecule has 0 aliphatic carbocycles. The third kappa shape index (κ3) is 5.37. The number of fused-ring (bicyclic) bond motifs is 1. The summed E-state index contributed by atoms with van der Waals surface area (Å²) in [6.07, 6.45) is 5.31. The molecule has 0 bridgehead atoms. The monoisotopic (exact) mass is 497 g/mol. The number of thiazole rings is 2. The standard InChI is InChI=1S/C22H19N5O3S3/c1-3-20-26-19(11-31-20)27-22(28)25-18(12-33(29,30)23-2)15-9-7-14(8-10-15)16-5-4-6-17-21(16)32-13-24-17/h1,4-11,13,18,23H,12H2,2H3,(H2,25,27,28)/t18-/m0/s1. The Morgan fingerprint density at radius 3 is 2.67 bits per heavy atom. The summed E-state index contributed by atoms with van der Waals surface area (Å²) in [5.41, 5.74) is 5.38. The molecule has 0 unspecified atom stereocenters. The molecule has 3 N–H and O–H groups in total. The zero-order valence-corrected chi connectivity index (χ0v) is 19.9. The molecular formula is C22H19N5O3S3. The van der Waals surface area contributed by atoms with Crippen molar-refractivity contribution < 1.29 is 13.2 Å². The number of aromatic nitrogens is 2. The van der Waals surface area contributed by atoms with Crippen LogP contribution >= 0.6 is 22.7 Å². The average molecular weight is 498 g/mol. The van der Waals surface area contributed by atoms with Crippen LogP contribution in [-0.2, 0) is 10.0 Å². The molecule has 8 nitrogen and oxygen atoms in total. The van der Waals surface area contributed by atoms with Crippen LogP contribution in [0.1, 0.15) is 16.6 Å². The van der Waals surface area contributed by atoms with Crippen molar-refractivity contribution in [1.82, 2.24) is 20.0 Å². The molecule has 33 heavy (non-hydrogen) atoms. The van der Waals surface area contributed by atoms with E-state index in [-0.39, 0.29) is 5.75 Å². The first-order valence-corrected chi connectivity index (χ1v) is 13.1. The Bertz CT molecular complexity index is 1440. The highest BCUT2D eigenvalue weighted by atomic mass is 32.2. The third-order valence-corrected chi connectivity index (χ3v) is 7.90. The van der Waals surface area contributed by atoms with Gasteiger partial charge < -0.3 is 5.32 Å². The highest BCUT2D eigenvalue weighted by molar-refractivity contribution is 7.89. The number of amides is 2. The number of nitrogens with zero attached hydrogens (tertiary/aromatic N) is 2. The highest BCUT2D eigenvalue weighted by Crippen LogP contribution is 2.31. The lowest BCUT2D eigenvalue weighted by atomic mass is 10.0. The van der Waals surface area contributed by atoms with E-state index in [9.17, 15) is 13.2 Å². The molecule has 0 spiro atoms. The summed E-state index contributed by atoms with van der Waals surface area (Å²) in [4.78, 5) is 21.0. The van der Waals surface area contributed by atoms with E-state index in [4.69, 9.17) is 6.42 Å². The molecule has 168 valence electrons. The Labute approximate surface area is 199 Å². The lowest BCUT2D eigenvalue weighted by Gasteiger charge is -2.19. The largest absolute Gasteiger partial charge is 0.330 e. The number of anilines is 1. The van der Waals surface area contributed by atoms with Gasteiger partial charge in [0.2, 0.25) is 10.0 Å². The first kappa shape index (κ1) is 22.9. The fourth-order valence-electron chi connectivity index (χ4n) is 3.24. The maximum absolute atomic E-state index is 12.5. The smallest absolute Gasteiger partial charge is 0.320 e. The van der Waals surface area contributed by atoms with Gasteiger partial charge in [0.15, 0.2) is 5.01 Å². The van der Waals surface area contributed by atoms with E-state index in [1.165, 1.54) is 18.4 Å². The van der Waals surface area contributed by atoms with E-state index in [1.54, 1.807) is 22.2 Å². The quantitative estimate of drug-likeness (QED) is 0.336. The molecule has 0 aliphatic rings. The molecule has 0 saturated heterocycles. The number of benzene rings is 2. The van der Waals surface area contributed by atoms with Crippen molar-refractivity contribution >= 4 is 54.8 Å². The van der Waals surface area contributed by atoms with Gasteiger partial charge >= 0.3 is 6.03 Å². The second-order valence-electron chi connectivity index (χ2n) is 6.95. The molecule has 2 heterocycles. The summed E-state index contributed by atoms with van der Waals surface area (Å²) in [6.45, 7) is 0. The van der Waals surface area contributed by atoms with Crippen molar-refractivity contribution in [2.45, 2.75) is 6.04 Å². The predicted octanol–water partition coefficient (Wildman–Crippen LogP) is 3.81. The molecule has 2 amide bonds. The number of hydrogen-bond acceptors (Lipinski definition) is 7. The van der Waals surface area contributed by atoms with E-state index in [0.717, 1.165) is 21.3 Å². The Morgan fingerprint density at radius 2 is 1.97 bits per heavy atom. The Balaban J connectivity index is 1.58. The van der Waals surface area contributed by atoms with Gasteiger partial charge in [0.05, 0.1) is 27.5 Å². The summed E-state index contributed by atoms with van der Waals surface area (Å²) in [5.74, 6) is 2.37. The molecule has 1 atom stereocenters. The molecule has 0 fully saturated rings.